The van der Waals surface area contributed by atoms with Crippen LogP contribution in [0.15, 0.2) is 12.7 Å². The second kappa shape index (κ2) is 9.23. The highest BCUT2D eigenvalue weighted by Gasteiger charge is 2.12. The Kier molecular flexibility index (Phi) is 8.78. The molecular weight excluding hydrogens is 212 g/mol. The van der Waals surface area contributed by atoms with Gasteiger partial charge in [0.1, 0.15) is 0 Å². The van der Waals surface area contributed by atoms with Gasteiger partial charge in [-0.25, -0.2) is 0 Å². The van der Waals surface area contributed by atoms with Crippen LogP contribution in [0.25, 0.3) is 0 Å². The molecule has 17 heavy (non-hydrogen) atoms. The molecule has 100 valence electrons. The molecule has 0 radical (unpaired) electrons. The average molecular weight is 240 g/mol. The molecule has 0 aromatic carbocycles. The quantitative estimate of drug-likeness (QED) is 0.480. The fourth-order valence-electron chi connectivity index (χ4n) is 1.52. The molecule has 0 atom stereocenters. The van der Waals surface area contributed by atoms with Gasteiger partial charge in [0, 0.05) is 18.5 Å². The second-order valence-corrected chi connectivity index (χ2v) is 5.44. The number of unbranched alkanes of at least 4 members (excludes halogenated alkanes) is 3. The number of hydrogen-bond acceptors (Lipinski definition) is 2. The van der Waals surface area contributed by atoms with Gasteiger partial charge in [-0.05, 0) is 46.6 Å². The van der Waals surface area contributed by atoms with Crippen molar-refractivity contribution in [3.05, 3.63) is 12.7 Å². The molecule has 0 saturated carbocycles. The van der Waals surface area contributed by atoms with Gasteiger partial charge in [0.2, 0.25) is 5.91 Å². The van der Waals surface area contributed by atoms with E-state index in [0.29, 0.717) is 6.42 Å². The van der Waals surface area contributed by atoms with Crippen molar-refractivity contribution >= 4 is 5.91 Å². The summed E-state index contributed by atoms with van der Waals surface area (Å²) in [5.41, 5.74) is -0.123. The van der Waals surface area contributed by atoms with Crippen LogP contribution >= 0.6 is 0 Å². The Labute approximate surface area is 106 Å². The van der Waals surface area contributed by atoms with Gasteiger partial charge in [-0.3, -0.25) is 4.79 Å². The van der Waals surface area contributed by atoms with Crippen molar-refractivity contribution in [2.75, 3.05) is 13.1 Å². The van der Waals surface area contributed by atoms with Crippen molar-refractivity contribution in [3.8, 4) is 0 Å². The van der Waals surface area contributed by atoms with E-state index in [9.17, 15) is 4.79 Å². The van der Waals surface area contributed by atoms with Crippen LogP contribution in [0, 0.1) is 0 Å². The smallest absolute Gasteiger partial charge is 0.221 e. The summed E-state index contributed by atoms with van der Waals surface area (Å²) in [6.45, 7) is 11.5. The minimum absolute atomic E-state index is 0.122. The minimum Gasteiger partial charge on any atom is -0.351 e. The molecule has 0 aromatic rings. The third-order valence-corrected chi connectivity index (χ3v) is 2.31. The summed E-state index contributed by atoms with van der Waals surface area (Å²) in [7, 11) is 0. The molecule has 0 spiro atoms. The van der Waals surface area contributed by atoms with Crippen LogP contribution in [0.3, 0.4) is 0 Å². The largest absolute Gasteiger partial charge is 0.351 e. The van der Waals surface area contributed by atoms with Gasteiger partial charge in [-0.1, -0.05) is 12.5 Å². The number of allylic oxidation sites excluding steroid dienone is 1. The summed E-state index contributed by atoms with van der Waals surface area (Å²) < 4.78 is 0. The van der Waals surface area contributed by atoms with Crippen LogP contribution < -0.4 is 10.6 Å². The van der Waals surface area contributed by atoms with Crippen LogP contribution in [-0.2, 0) is 4.79 Å². The molecule has 0 heterocycles. The molecule has 0 saturated heterocycles. The van der Waals surface area contributed by atoms with E-state index >= 15 is 0 Å². The minimum atomic E-state index is -0.123. The molecule has 2 N–H and O–H groups in total. The Hall–Kier alpha value is -0.830. The molecule has 1 amide bonds. The number of hydrogen-bond donors (Lipinski definition) is 2. The van der Waals surface area contributed by atoms with Gasteiger partial charge >= 0.3 is 0 Å². The van der Waals surface area contributed by atoms with E-state index in [4.69, 9.17) is 0 Å². The predicted octanol–water partition coefficient (Wildman–Crippen LogP) is 2.63. The third kappa shape index (κ3) is 13.1. The number of nitrogens with one attached hydrogen (secondary N) is 2. The van der Waals surface area contributed by atoms with Crippen molar-refractivity contribution in [1.29, 1.82) is 0 Å². The topological polar surface area (TPSA) is 41.1 Å². The lowest BCUT2D eigenvalue weighted by atomic mass is 10.1. The summed E-state index contributed by atoms with van der Waals surface area (Å²) in [5, 5.41) is 6.24. The van der Waals surface area contributed by atoms with Crippen molar-refractivity contribution in [1.82, 2.24) is 10.6 Å². The Morgan fingerprint density at radius 3 is 2.47 bits per heavy atom. The summed E-state index contributed by atoms with van der Waals surface area (Å²) in [6.07, 6.45) is 7.25. The highest BCUT2D eigenvalue weighted by molar-refractivity contribution is 5.76. The Morgan fingerprint density at radius 2 is 1.88 bits per heavy atom. The molecule has 0 aromatic heterocycles. The number of amides is 1. The summed E-state index contributed by atoms with van der Waals surface area (Å²) >= 11 is 0. The van der Waals surface area contributed by atoms with Crippen LogP contribution in [-0.4, -0.2) is 24.5 Å². The predicted molar refractivity (Wildman–Crippen MR) is 74.0 cm³/mol. The zero-order valence-electron chi connectivity index (χ0n) is 11.6. The molecular formula is C14H28N2O. The lowest BCUT2D eigenvalue weighted by molar-refractivity contribution is -0.122. The van der Waals surface area contributed by atoms with E-state index in [1.807, 2.05) is 26.8 Å². The second-order valence-electron chi connectivity index (χ2n) is 5.44. The molecule has 0 fully saturated rings. The van der Waals surface area contributed by atoms with Gasteiger partial charge in [0.15, 0.2) is 0 Å². The SMILES string of the molecule is C=CCCCCCNCCC(=O)NC(C)(C)C. The fourth-order valence-corrected chi connectivity index (χ4v) is 1.52. The zero-order chi connectivity index (χ0) is 13.1. The maximum Gasteiger partial charge on any atom is 0.221 e. The van der Waals surface area contributed by atoms with Gasteiger partial charge in [0.05, 0.1) is 0 Å². The van der Waals surface area contributed by atoms with E-state index in [1.54, 1.807) is 0 Å². The Balaban J connectivity index is 3.28. The van der Waals surface area contributed by atoms with E-state index in [2.05, 4.69) is 17.2 Å². The highest BCUT2D eigenvalue weighted by atomic mass is 16.1. The summed E-state index contributed by atoms with van der Waals surface area (Å²) in [5.74, 6) is 0.122. The molecule has 0 aliphatic carbocycles. The van der Waals surface area contributed by atoms with E-state index in [-0.39, 0.29) is 11.4 Å². The van der Waals surface area contributed by atoms with Crippen LogP contribution in [0.2, 0.25) is 0 Å². The monoisotopic (exact) mass is 240 g/mol. The zero-order valence-corrected chi connectivity index (χ0v) is 11.6. The lowest BCUT2D eigenvalue weighted by Gasteiger charge is -2.20. The Morgan fingerprint density at radius 1 is 1.18 bits per heavy atom. The van der Waals surface area contributed by atoms with Crippen LogP contribution in [0.5, 0.6) is 0 Å². The van der Waals surface area contributed by atoms with E-state index in [1.165, 1.54) is 19.3 Å². The standard InChI is InChI=1S/C14H28N2O/c1-5-6-7-8-9-11-15-12-10-13(17)16-14(2,3)4/h5,15H,1,6-12H2,2-4H3,(H,16,17). The molecule has 0 aliphatic rings. The molecule has 0 bridgehead atoms. The Bertz CT molecular complexity index is 219. The normalized spacial score (nSPS) is 11.2. The van der Waals surface area contributed by atoms with Crippen molar-refractivity contribution in [3.63, 3.8) is 0 Å². The van der Waals surface area contributed by atoms with E-state index in [0.717, 1.165) is 19.5 Å². The molecule has 0 aliphatic heterocycles. The first-order valence-corrected chi connectivity index (χ1v) is 6.58. The van der Waals surface area contributed by atoms with Crippen LogP contribution in [0.1, 0.15) is 52.9 Å². The number of carbonyl (C=O) groups is 1. The van der Waals surface area contributed by atoms with Gasteiger partial charge in [-0.2, -0.15) is 0 Å². The molecule has 0 unspecified atom stereocenters. The summed E-state index contributed by atoms with van der Waals surface area (Å²) in [4.78, 5) is 11.5. The maximum atomic E-state index is 11.5. The molecule has 3 nitrogen and oxygen atoms in total. The number of carbonyl (C=O) groups excluding carboxylic acids is 1. The van der Waals surface area contributed by atoms with Crippen molar-refractivity contribution in [2.45, 2.75) is 58.4 Å². The fraction of sp³-hybridized carbons (Fsp3) is 0.786. The summed E-state index contributed by atoms with van der Waals surface area (Å²) in [6, 6.07) is 0. The van der Waals surface area contributed by atoms with Crippen molar-refractivity contribution < 1.29 is 4.79 Å². The first-order valence-electron chi connectivity index (χ1n) is 6.58. The average Bonchev–Trinajstić information content (AvgIpc) is 2.19. The van der Waals surface area contributed by atoms with Crippen LogP contribution in [0.4, 0.5) is 0 Å². The van der Waals surface area contributed by atoms with Crippen molar-refractivity contribution in [2.24, 2.45) is 0 Å². The highest BCUT2D eigenvalue weighted by Crippen LogP contribution is 2.00. The molecule has 3 heteroatoms. The number of rotatable bonds is 9. The van der Waals surface area contributed by atoms with Gasteiger partial charge < -0.3 is 10.6 Å². The first-order chi connectivity index (χ1) is 7.95. The molecule has 0 rings (SSSR count). The van der Waals surface area contributed by atoms with E-state index < -0.39 is 0 Å². The maximum absolute atomic E-state index is 11.5. The van der Waals surface area contributed by atoms with Gasteiger partial charge in [0.25, 0.3) is 0 Å². The third-order valence-electron chi connectivity index (χ3n) is 2.31. The van der Waals surface area contributed by atoms with Gasteiger partial charge in [-0.15, -0.1) is 6.58 Å². The first kappa shape index (κ1) is 16.2. The lowest BCUT2D eigenvalue weighted by Crippen LogP contribution is -2.41.